The van der Waals surface area contributed by atoms with E-state index in [2.05, 4.69) is 32.7 Å². The second kappa shape index (κ2) is 9.96. The molecule has 1 aromatic heterocycles. The van der Waals surface area contributed by atoms with E-state index in [-0.39, 0.29) is 0 Å². The van der Waals surface area contributed by atoms with Gasteiger partial charge in [-0.25, -0.2) is 4.98 Å². The highest BCUT2D eigenvalue weighted by Gasteiger charge is 2.29. The highest BCUT2D eigenvalue weighted by atomic mass is 19.4. The van der Waals surface area contributed by atoms with Crippen LogP contribution in [0.5, 0.6) is 0 Å². The van der Waals surface area contributed by atoms with E-state index in [4.69, 9.17) is 0 Å². The summed E-state index contributed by atoms with van der Waals surface area (Å²) in [6.45, 7) is 1.93. The molecule has 1 heterocycles. The molecule has 0 saturated carbocycles. The zero-order chi connectivity index (χ0) is 21.4. The first kappa shape index (κ1) is 21.4. The zero-order valence-corrected chi connectivity index (χ0v) is 16.7. The Morgan fingerprint density at radius 3 is 2.47 bits per heavy atom. The Morgan fingerprint density at radius 2 is 1.80 bits per heavy atom. The molecular formula is C22H24F3N5. The molecule has 2 aromatic carbocycles. The van der Waals surface area contributed by atoms with E-state index >= 15 is 0 Å². The number of aliphatic imine (C=N–C) groups is 1. The molecule has 0 atom stereocenters. The minimum absolute atomic E-state index is 0.561. The maximum absolute atomic E-state index is 12.6. The fourth-order valence-corrected chi connectivity index (χ4v) is 3.02. The molecule has 0 amide bonds. The number of benzene rings is 2. The molecule has 0 saturated heterocycles. The normalized spacial score (nSPS) is 12.1. The average Bonchev–Trinajstić information content (AvgIpc) is 3.23. The monoisotopic (exact) mass is 415 g/mol. The lowest BCUT2D eigenvalue weighted by Gasteiger charge is -2.13. The number of imidazole rings is 1. The maximum atomic E-state index is 12.6. The number of aromatic nitrogens is 2. The number of guanidine groups is 1. The van der Waals surface area contributed by atoms with Gasteiger partial charge in [-0.05, 0) is 35.2 Å². The van der Waals surface area contributed by atoms with Crippen LogP contribution in [0.25, 0.3) is 0 Å². The summed E-state index contributed by atoms with van der Waals surface area (Å²) in [6, 6.07) is 13.5. The fraction of sp³-hybridized carbons (Fsp3) is 0.273. The lowest BCUT2D eigenvalue weighted by Crippen LogP contribution is -2.37. The molecule has 0 bridgehead atoms. The number of rotatable bonds is 7. The third-order valence-electron chi connectivity index (χ3n) is 4.59. The van der Waals surface area contributed by atoms with Crippen molar-refractivity contribution in [2.75, 3.05) is 13.6 Å². The standard InChI is InChI=1S/C22H24F3N5/c1-26-21(28-10-9-17-5-7-20(8-6-17)22(23,24)25)29-14-18-3-2-4-19(13-18)15-30-12-11-27-16-30/h2-8,11-13,16H,9-10,14-15H2,1H3,(H2,26,28,29). The van der Waals surface area contributed by atoms with E-state index in [1.165, 1.54) is 17.7 Å². The van der Waals surface area contributed by atoms with E-state index in [9.17, 15) is 13.2 Å². The molecule has 5 nitrogen and oxygen atoms in total. The van der Waals surface area contributed by atoms with E-state index in [0.717, 1.165) is 29.8 Å². The second-order valence-electron chi connectivity index (χ2n) is 6.85. The summed E-state index contributed by atoms with van der Waals surface area (Å²) < 4.78 is 39.9. The van der Waals surface area contributed by atoms with Crippen molar-refractivity contribution < 1.29 is 13.2 Å². The van der Waals surface area contributed by atoms with E-state index in [1.807, 2.05) is 22.9 Å². The van der Waals surface area contributed by atoms with Gasteiger partial charge in [-0.3, -0.25) is 4.99 Å². The molecule has 3 rings (SSSR count). The van der Waals surface area contributed by atoms with Crippen LogP contribution in [0.3, 0.4) is 0 Å². The Morgan fingerprint density at radius 1 is 1.03 bits per heavy atom. The van der Waals surface area contributed by atoms with Gasteiger partial charge >= 0.3 is 6.18 Å². The van der Waals surface area contributed by atoms with Gasteiger partial charge in [-0.1, -0.05) is 36.4 Å². The zero-order valence-electron chi connectivity index (χ0n) is 16.7. The van der Waals surface area contributed by atoms with Gasteiger partial charge in [0, 0.05) is 39.1 Å². The van der Waals surface area contributed by atoms with E-state index < -0.39 is 11.7 Å². The van der Waals surface area contributed by atoms with Crippen molar-refractivity contribution in [3.63, 3.8) is 0 Å². The summed E-state index contributed by atoms with van der Waals surface area (Å²) in [5, 5.41) is 6.45. The van der Waals surface area contributed by atoms with Crippen LogP contribution in [0.2, 0.25) is 0 Å². The highest BCUT2D eigenvalue weighted by molar-refractivity contribution is 5.79. The van der Waals surface area contributed by atoms with E-state index in [0.29, 0.717) is 25.5 Å². The minimum atomic E-state index is -4.31. The smallest absolute Gasteiger partial charge is 0.356 e. The van der Waals surface area contributed by atoms with Crippen LogP contribution in [-0.4, -0.2) is 29.1 Å². The predicted octanol–water partition coefficient (Wildman–Crippen LogP) is 3.86. The van der Waals surface area contributed by atoms with Gasteiger partial charge in [-0.15, -0.1) is 0 Å². The van der Waals surface area contributed by atoms with Gasteiger partial charge in [0.15, 0.2) is 5.96 Å². The number of nitrogens with zero attached hydrogens (tertiary/aromatic N) is 3. The van der Waals surface area contributed by atoms with E-state index in [1.54, 1.807) is 19.6 Å². The molecule has 0 aliphatic rings. The Labute approximate surface area is 173 Å². The SMILES string of the molecule is CN=C(NCCc1ccc(C(F)(F)F)cc1)NCc1cccc(Cn2ccnc2)c1. The Bertz CT molecular complexity index is 948. The maximum Gasteiger partial charge on any atom is 0.416 e. The molecule has 0 radical (unpaired) electrons. The van der Waals surface area contributed by atoms with Crippen molar-refractivity contribution >= 4 is 5.96 Å². The molecule has 158 valence electrons. The summed E-state index contributed by atoms with van der Waals surface area (Å²) in [6.07, 6.45) is 1.75. The van der Waals surface area contributed by atoms with Gasteiger partial charge in [0.25, 0.3) is 0 Å². The van der Waals surface area contributed by atoms with Crippen molar-refractivity contribution in [1.82, 2.24) is 20.2 Å². The third-order valence-corrected chi connectivity index (χ3v) is 4.59. The summed E-state index contributed by atoms with van der Waals surface area (Å²) >= 11 is 0. The number of hydrogen-bond acceptors (Lipinski definition) is 2. The Kier molecular flexibility index (Phi) is 7.11. The molecular weight excluding hydrogens is 391 g/mol. The van der Waals surface area contributed by atoms with Crippen LogP contribution < -0.4 is 10.6 Å². The lowest BCUT2D eigenvalue weighted by atomic mass is 10.1. The van der Waals surface area contributed by atoms with Crippen LogP contribution in [-0.2, 0) is 25.7 Å². The van der Waals surface area contributed by atoms with Gasteiger partial charge in [-0.2, -0.15) is 13.2 Å². The van der Waals surface area contributed by atoms with Crippen LogP contribution in [0.15, 0.2) is 72.2 Å². The molecule has 0 spiro atoms. The summed E-state index contributed by atoms with van der Waals surface area (Å²) in [5.74, 6) is 0.641. The minimum Gasteiger partial charge on any atom is -0.356 e. The summed E-state index contributed by atoms with van der Waals surface area (Å²) in [7, 11) is 1.68. The predicted molar refractivity (Wildman–Crippen MR) is 111 cm³/mol. The lowest BCUT2D eigenvalue weighted by molar-refractivity contribution is -0.137. The third kappa shape index (κ3) is 6.37. The molecule has 0 fully saturated rings. The molecule has 0 aliphatic carbocycles. The Balaban J connectivity index is 1.46. The first-order valence-electron chi connectivity index (χ1n) is 9.58. The first-order chi connectivity index (χ1) is 14.4. The topological polar surface area (TPSA) is 54.2 Å². The summed E-state index contributed by atoms with van der Waals surface area (Å²) in [5.41, 5.74) is 2.50. The Hall–Kier alpha value is -3.29. The van der Waals surface area contributed by atoms with Gasteiger partial charge in [0.1, 0.15) is 0 Å². The van der Waals surface area contributed by atoms with Crippen LogP contribution in [0.4, 0.5) is 13.2 Å². The molecule has 0 unspecified atom stereocenters. The number of halogens is 3. The number of alkyl halides is 3. The van der Waals surface area contributed by atoms with Crippen LogP contribution >= 0.6 is 0 Å². The van der Waals surface area contributed by atoms with Crippen LogP contribution in [0.1, 0.15) is 22.3 Å². The molecule has 8 heteroatoms. The van der Waals surface area contributed by atoms with Gasteiger partial charge in [0.05, 0.1) is 11.9 Å². The van der Waals surface area contributed by atoms with Crippen molar-refractivity contribution in [3.8, 4) is 0 Å². The molecule has 30 heavy (non-hydrogen) atoms. The fourth-order valence-electron chi connectivity index (χ4n) is 3.02. The largest absolute Gasteiger partial charge is 0.416 e. The van der Waals surface area contributed by atoms with Crippen molar-refractivity contribution in [2.45, 2.75) is 25.7 Å². The van der Waals surface area contributed by atoms with Crippen molar-refractivity contribution in [2.24, 2.45) is 4.99 Å². The number of nitrogens with one attached hydrogen (secondary N) is 2. The van der Waals surface area contributed by atoms with Crippen molar-refractivity contribution in [1.29, 1.82) is 0 Å². The highest BCUT2D eigenvalue weighted by Crippen LogP contribution is 2.29. The van der Waals surface area contributed by atoms with Gasteiger partial charge in [0.2, 0.25) is 0 Å². The average molecular weight is 415 g/mol. The van der Waals surface area contributed by atoms with Crippen molar-refractivity contribution in [3.05, 3.63) is 89.5 Å². The molecule has 2 N–H and O–H groups in total. The number of hydrogen-bond donors (Lipinski definition) is 2. The second-order valence-corrected chi connectivity index (χ2v) is 6.85. The van der Waals surface area contributed by atoms with Crippen LogP contribution in [0, 0.1) is 0 Å². The molecule has 3 aromatic rings. The van der Waals surface area contributed by atoms with Gasteiger partial charge < -0.3 is 15.2 Å². The first-order valence-corrected chi connectivity index (χ1v) is 9.58. The summed E-state index contributed by atoms with van der Waals surface area (Å²) in [4.78, 5) is 8.25. The molecule has 0 aliphatic heterocycles. The quantitative estimate of drug-likeness (QED) is 0.455.